The summed E-state index contributed by atoms with van der Waals surface area (Å²) in [5, 5.41) is 3.37. The average molecular weight is 226 g/mol. The SMILES string of the molecule is CCN(CC1CCC1)CC1COCC1NC. The molecule has 2 unspecified atom stereocenters. The van der Waals surface area contributed by atoms with Crippen molar-refractivity contribution in [2.45, 2.75) is 32.2 Å². The molecule has 16 heavy (non-hydrogen) atoms. The summed E-state index contributed by atoms with van der Waals surface area (Å²) in [6, 6.07) is 0.565. The highest BCUT2D eigenvalue weighted by Gasteiger charge is 2.29. The van der Waals surface area contributed by atoms with Crippen molar-refractivity contribution in [3.05, 3.63) is 0 Å². The van der Waals surface area contributed by atoms with E-state index in [4.69, 9.17) is 4.74 Å². The number of nitrogens with one attached hydrogen (secondary N) is 1. The Bertz CT molecular complexity index is 206. The van der Waals surface area contributed by atoms with E-state index in [-0.39, 0.29) is 0 Å². The molecule has 0 bridgehead atoms. The van der Waals surface area contributed by atoms with Gasteiger partial charge >= 0.3 is 0 Å². The smallest absolute Gasteiger partial charge is 0.0623 e. The number of nitrogens with zero attached hydrogens (tertiary/aromatic N) is 1. The zero-order chi connectivity index (χ0) is 11.4. The van der Waals surface area contributed by atoms with Gasteiger partial charge < -0.3 is 15.0 Å². The fourth-order valence-electron chi connectivity index (χ4n) is 2.80. The van der Waals surface area contributed by atoms with Crippen molar-refractivity contribution in [1.82, 2.24) is 10.2 Å². The first kappa shape index (κ1) is 12.3. The van der Waals surface area contributed by atoms with Gasteiger partial charge in [0.15, 0.2) is 0 Å². The minimum absolute atomic E-state index is 0.565. The standard InChI is InChI=1S/C13H26N2O/c1-3-15(7-11-5-4-6-11)8-12-9-16-10-13(12)14-2/h11-14H,3-10H2,1-2H3. The first-order valence-electron chi connectivity index (χ1n) is 6.80. The number of hydrogen-bond acceptors (Lipinski definition) is 3. The molecular formula is C13H26N2O. The zero-order valence-corrected chi connectivity index (χ0v) is 10.7. The van der Waals surface area contributed by atoms with Crippen molar-refractivity contribution < 1.29 is 4.74 Å². The van der Waals surface area contributed by atoms with Crippen LogP contribution in [0.1, 0.15) is 26.2 Å². The van der Waals surface area contributed by atoms with E-state index in [9.17, 15) is 0 Å². The van der Waals surface area contributed by atoms with Crippen molar-refractivity contribution in [1.29, 1.82) is 0 Å². The van der Waals surface area contributed by atoms with E-state index in [1.165, 1.54) is 38.9 Å². The van der Waals surface area contributed by atoms with Crippen molar-refractivity contribution >= 4 is 0 Å². The van der Waals surface area contributed by atoms with Crippen LogP contribution in [0, 0.1) is 11.8 Å². The van der Waals surface area contributed by atoms with E-state index < -0.39 is 0 Å². The maximum Gasteiger partial charge on any atom is 0.0623 e. The Morgan fingerprint density at radius 2 is 2.06 bits per heavy atom. The number of likely N-dealkylation sites (N-methyl/N-ethyl adjacent to an activating group) is 1. The topological polar surface area (TPSA) is 24.5 Å². The van der Waals surface area contributed by atoms with E-state index in [1.54, 1.807) is 0 Å². The van der Waals surface area contributed by atoms with Crippen molar-refractivity contribution in [3.63, 3.8) is 0 Å². The molecule has 0 aromatic carbocycles. The van der Waals surface area contributed by atoms with Crippen LogP contribution < -0.4 is 5.32 Å². The lowest BCUT2D eigenvalue weighted by Crippen LogP contribution is -2.42. The maximum atomic E-state index is 5.56. The molecule has 2 rings (SSSR count). The molecule has 3 heteroatoms. The second kappa shape index (κ2) is 5.99. The molecule has 1 saturated carbocycles. The Balaban J connectivity index is 1.75. The Morgan fingerprint density at radius 3 is 2.62 bits per heavy atom. The minimum Gasteiger partial charge on any atom is -0.379 e. The zero-order valence-electron chi connectivity index (χ0n) is 10.7. The summed E-state index contributed by atoms with van der Waals surface area (Å²) >= 11 is 0. The van der Waals surface area contributed by atoms with Gasteiger partial charge in [-0.3, -0.25) is 0 Å². The van der Waals surface area contributed by atoms with Gasteiger partial charge in [-0.25, -0.2) is 0 Å². The van der Waals surface area contributed by atoms with Gasteiger partial charge in [-0.2, -0.15) is 0 Å². The molecule has 1 N–H and O–H groups in total. The van der Waals surface area contributed by atoms with Gasteiger partial charge in [-0.05, 0) is 32.4 Å². The summed E-state index contributed by atoms with van der Waals surface area (Å²) in [4.78, 5) is 2.62. The predicted molar refractivity (Wildman–Crippen MR) is 66.6 cm³/mol. The molecule has 2 aliphatic rings. The largest absolute Gasteiger partial charge is 0.379 e. The van der Waals surface area contributed by atoms with Crippen LogP contribution in [-0.4, -0.2) is 50.8 Å². The number of rotatable bonds is 6. The Labute approximate surface area is 99.5 Å². The molecule has 1 saturated heterocycles. The van der Waals surface area contributed by atoms with Crippen LogP contribution in [0.25, 0.3) is 0 Å². The van der Waals surface area contributed by atoms with Crippen LogP contribution >= 0.6 is 0 Å². The average Bonchev–Trinajstić information content (AvgIpc) is 2.68. The van der Waals surface area contributed by atoms with E-state index in [0.29, 0.717) is 12.0 Å². The highest BCUT2D eigenvalue weighted by Crippen LogP contribution is 2.27. The molecule has 3 nitrogen and oxygen atoms in total. The van der Waals surface area contributed by atoms with Crippen LogP contribution in [-0.2, 0) is 4.74 Å². The normalized spacial score (nSPS) is 30.9. The Kier molecular flexibility index (Phi) is 4.62. The summed E-state index contributed by atoms with van der Waals surface area (Å²) in [6.07, 6.45) is 4.36. The number of ether oxygens (including phenoxy) is 1. The predicted octanol–water partition coefficient (Wildman–Crippen LogP) is 1.34. The van der Waals surface area contributed by atoms with E-state index in [2.05, 4.69) is 24.2 Å². The first-order valence-corrected chi connectivity index (χ1v) is 6.80. The summed E-state index contributed by atoms with van der Waals surface area (Å²) in [5.41, 5.74) is 0. The van der Waals surface area contributed by atoms with Crippen LogP contribution in [0.15, 0.2) is 0 Å². The second-order valence-corrected chi connectivity index (χ2v) is 5.34. The summed E-state index contributed by atoms with van der Waals surface area (Å²) in [6.45, 7) is 7.81. The summed E-state index contributed by atoms with van der Waals surface area (Å²) in [7, 11) is 2.05. The summed E-state index contributed by atoms with van der Waals surface area (Å²) in [5.74, 6) is 1.67. The fourth-order valence-corrected chi connectivity index (χ4v) is 2.80. The molecule has 0 aromatic heterocycles. The first-order chi connectivity index (χ1) is 7.83. The van der Waals surface area contributed by atoms with Gasteiger partial charge in [0.25, 0.3) is 0 Å². The third-order valence-electron chi connectivity index (χ3n) is 4.25. The third-order valence-corrected chi connectivity index (χ3v) is 4.25. The van der Waals surface area contributed by atoms with Crippen LogP contribution in [0.3, 0.4) is 0 Å². The molecule has 0 radical (unpaired) electrons. The van der Waals surface area contributed by atoms with Crippen LogP contribution in [0.5, 0.6) is 0 Å². The van der Waals surface area contributed by atoms with E-state index in [0.717, 1.165) is 19.1 Å². The summed E-state index contributed by atoms with van der Waals surface area (Å²) < 4.78 is 5.56. The van der Waals surface area contributed by atoms with Gasteiger partial charge in [-0.1, -0.05) is 13.3 Å². The molecule has 1 aliphatic carbocycles. The highest BCUT2D eigenvalue weighted by atomic mass is 16.5. The highest BCUT2D eigenvalue weighted by molar-refractivity contribution is 4.83. The molecule has 2 fully saturated rings. The van der Waals surface area contributed by atoms with Crippen LogP contribution in [0.4, 0.5) is 0 Å². The Hall–Kier alpha value is -0.120. The van der Waals surface area contributed by atoms with Crippen LogP contribution in [0.2, 0.25) is 0 Å². The Morgan fingerprint density at radius 1 is 1.25 bits per heavy atom. The quantitative estimate of drug-likeness (QED) is 0.740. The van der Waals surface area contributed by atoms with Gasteiger partial charge in [0.1, 0.15) is 0 Å². The van der Waals surface area contributed by atoms with E-state index in [1.807, 2.05) is 0 Å². The van der Waals surface area contributed by atoms with Gasteiger partial charge in [0.2, 0.25) is 0 Å². The molecule has 94 valence electrons. The lowest BCUT2D eigenvalue weighted by Gasteiger charge is -2.33. The van der Waals surface area contributed by atoms with Gasteiger partial charge in [-0.15, -0.1) is 0 Å². The third kappa shape index (κ3) is 2.96. The van der Waals surface area contributed by atoms with Gasteiger partial charge in [0.05, 0.1) is 13.2 Å². The molecule has 0 aromatic rings. The molecule has 0 spiro atoms. The van der Waals surface area contributed by atoms with Gasteiger partial charge in [0, 0.05) is 25.0 Å². The maximum absolute atomic E-state index is 5.56. The molecule has 0 amide bonds. The molecular weight excluding hydrogens is 200 g/mol. The van der Waals surface area contributed by atoms with Crippen molar-refractivity contribution in [3.8, 4) is 0 Å². The minimum atomic E-state index is 0.565. The lowest BCUT2D eigenvalue weighted by atomic mass is 9.85. The molecule has 1 heterocycles. The number of hydrogen-bond donors (Lipinski definition) is 1. The molecule has 2 atom stereocenters. The lowest BCUT2D eigenvalue weighted by molar-refractivity contribution is 0.143. The fraction of sp³-hybridized carbons (Fsp3) is 1.00. The van der Waals surface area contributed by atoms with E-state index >= 15 is 0 Å². The molecule has 1 aliphatic heterocycles. The second-order valence-electron chi connectivity index (χ2n) is 5.34. The van der Waals surface area contributed by atoms with Crippen molar-refractivity contribution in [2.75, 3.05) is 39.9 Å². The monoisotopic (exact) mass is 226 g/mol. The van der Waals surface area contributed by atoms with Crippen molar-refractivity contribution in [2.24, 2.45) is 11.8 Å².